The van der Waals surface area contributed by atoms with Gasteiger partial charge in [-0.05, 0) is 50.1 Å². The first-order valence-electron chi connectivity index (χ1n) is 10.7. The van der Waals surface area contributed by atoms with Crippen LogP contribution >= 0.6 is 23.2 Å². The number of carbonyl (C=O) groups is 3. The zero-order valence-electron chi connectivity index (χ0n) is 18.9. The molecule has 34 heavy (non-hydrogen) atoms. The smallest absolute Gasteiger partial charge is 0.269 e. The number of rotatable bonds is 8. The molecule has 8 nitrogen and oxygen atoms in total. The first kappa shape index (κ1) is 26.0. The minimum atomic E-state index is -4.18. The lowest BCUT2D eigenvalue weighted by Gasteiger charge is -2.31. The zero-order chi connectivity index (χ0) is 25.2. The Balaban J connectivity index is 1.90. The maximum Gasteiger partial charge on any atom is 0.269 e. The molecule has 3 rings (SSSR count). The third-order valence-corrected chi connectivity index (χ3v) is 8.22. The highest BCUT2D eigenvalue weighted by Gasteiger charge is 2.43. The molecule has 0 bridgehead atoms. The van der Waals surface area contributed by atoms with Gasteiger partial charge in [-0.25, -0.2) is 12.7 Å². The second kappa shape index (κ2) is 10.3. The molecule has 1 aliphatic rings. The maximum atomic E-state index is 13.4. The molecule has 2 aromatic rings. The summed E-state index contributed by atoms with van der Waals surface area (Å²) in [5, 5.41) is 3.43. The molecule has 0 radical (unpaired) electrons. The Morgan fingerprint density at radius 3 is 2.38 bits per heavy atom. The number of fused-ring (bicyclic) bond motifs is 1. The van der Waals surface area contributed by atoms with Gasteiger partial charge in [0.25, 0.3) is 15.9 Å². The van der Waals surface area contributed by atoms with Crippen molar-refractivity contribution in [3.8, 4) is 0 Å². The van der Waals surface area contributed by atoms with Crippen LogP contribution in [0, 0.1) is 0 Å². The van der Waals surface area contributed by atoms with Crippen LogP contribution in [0.5, 0.6) is 0 Å². The summed E-state index contributed by atoms with van der Waals surface area (Å²) in [4.78, 5) is 40.0. The molecule has 0 fully saturated rings. The fourth-order valence-electron chi connectivity index (χ4n) is 3.48. The number of sulfonamides is 1. The van der Waals surface area contributed by atoms with E-state index in [1.807, 2.05) is 13.8 Å². The molecular weight excluding hydrogens is 501 g/mol. The van der Waals surface area contributed by atoms with Gasteiger partial charge < -0.3 is 10.2 Å². The van der Waals surface area contributed by atoms with Gasteiger partial charge in [-0.2, -0.15) is 0 Å². The molecule has 1 N–H and O–H groups in total. The van der Waals surface area contributed by atoms with Gasteiger partial charge in [0.05, 0.1) is 15.6 Å². The lowest BCUT2D eigenvalue weighted by atomic mass is 10.1. The van der Waals surface area contributed by atoms with Gasteiger partial charge in [-0.1, -0.05) is 48.3 Å². The largest absolute Gasteiger partial charge is 0.352 e. The van der Waals surface area contributed by atoms with Gasteiger partial charge in [-0.3, -0.25) is 14.4 Å². The summed E-state index contributed by atoms with van der Waals surface area (Å²) in [6.45, 7) is 4.51. The fourth-order valence-corrected chi connectivity index (χ4v) is 5.32. The number of nitrogens with one attached hydrogen (secondary N) is 1. The van der Waals surface area contributed by atoms with Crippen LogP contribution in [0.1, 0.15) is 43.1 Å². The monoisotopic (exact) mass is 525 g/mol. The first-order chi connectivity index (χ1) is 16.0. The molecule has 11 heteroatoms. The molecule has 0 aromatic heterocycles. The van der Waals surface area contributed by atoms with Crippen molar-refractivity contribution in [2.24, 2.45) is 0 Å². The Kier molecular flexibility index (Phi) is 7.90. The van der Waals surface area contributed by atoms with Crippen LogP contribution in [-0.2, 0) is 26.2 Å². The van der Waals surface area contributed by atoms with Crippen molar-refractivity contribution < 1.29 is 22.8 Å². The molecule has 2 aromatic carbocycles. The summed E-state index contributed by atoms with van der Waals surface area (Å²) in [7, 11) is -4.18. The standard InChI is InChI=1S/C23H25Cl2N3O5S/c1-4-14(2)26-22(30)15(3)27(12-16-9-10-18(24)19(25)11-16)21(29)13-28-23(31)17-7-5-6-8-20(17)34(28,32)33/h5-11,14-15H,4,12-13H2,1-3H3,(H,26,30)/t14-,15-/m1/s1. The minimum Gasteiger partial charge on any atom is -0.352 e. The third kappa shape index (κ3) is 5.21. The van der Waals surface area contributed by atoms with E-state index in [-0.39, 0.29) is 28.1 Å². The van der Waals surface area contributed by atoms with E-state index in [0.29, 0.717) is 21.3 Å². The van der Waals surface area contributed by atoms with Crippen LogP contribution in [0.4, 0.5) is 0 Å². The summed E-state index contributed by atoms with van der Waals surface area (Å²) in [5.41, 5.74) is 0.596. The van der Waals surface area contributed by atoms with Crippen LogP contribution in [0.2, 0.25) is 10.0 Å². The van der Waals surface area contributed by atoms with Gasteiger partial charge >= 0.3 is 0 Å². The van der Waals surface area contributed by atoms with Crippen molar-refractivity contribution in [3.63, 3.8) is 0 Å². The highest BCUT2D eigenvalue weighted by Crippen LogP contribution is 2.30. The Bertz CT molecular complexity index is 1230. The molecule has 3 amide bonds. The van der Waals surface area contributed by atoms with Gasteiger partial charge in [0.2, 0.25) is 11.8 Å². The molecule has 1 heterocycles. The number of benzene rings is 2. The second-order valence-corrected chi connectivity index (χ2v) is 10.7. The number of hydrogen-bond donors (Lipinski definition) is 1. The molecule has 0 aliphatic carbocycles. The predicted octanol–water partition coefficient (Wildman–Crippen LogP) is 3.47. The van der Waals surface area contributed by atoms with Crippen LogP contribution in [0.15, 0.2) is 47.4 Å². The van der Waals surface area contributed by atoms with Gasteiger partial charge in [0, 0.05) is 12.6 Å². The Morgan fingerprint density at radius 1 is 1.09 bits per heavy atom. The Hall–Kier alpha value is -2.62. The van der Waals surface area contributed by atoms with Gasteiger partial charge in [0.15, 0.2) is 0 Å². The van der Waals surface area contributed by atoms with Crippen molar-refractivity contribution in [2.75, 3.05) is 6.54 Å². The summed E-state index contributed by atoms with van der Waals surface area (Å²) in [6, 6.07) is 9.50. The Labute approximate surface area is 208 Å². The highest BCUT2D eigenvalue weighted by atomic mass is 35.5. The summed E-state index contributed by atoms with van der Waals surface area (Å²) < 4.78 is 26.4. The van der Waals surface area contributed by atoms with E-state index in [1.54, 1.807) is 31.2 Å². The molecule has 182 valence electrons. The van der Waals surface area contributed by atoms with Crippen molar-refractivity contribution >= 4 is 50.9 Å². The molecule has 2 atom stereocenters. The highest BCUT2D eigenvalue weighted by molar-refractivity contribution is 7.90. The van der Waals surface area contributed by atoms with Crippen LogP contribution in [0.25, 0.3) is 0 Å². The molecule has 0 spiro atoms. The SMILES string of the molecule is CC[C@@H](C)NC(=O)[C@@H](C)N(Cc1ccc(Cl)c(Cl)c1)C(=O)CN1C(=O)c2ccccc2S1(=O)=O. The van der Waals surface area contributed by atoms with Gasteiger partial charge in [-0.15, -0.1) is 0 Å². The average Bonchev–Trinajstić information content (AvgIpc) is 2.99. The van der Waals surface area contributed by atoms with E-state index < -0.39 is 40.3 Å². The third-order valence-electron chi connectivity index (χ3n) is 5.70. The van der Waals surface area contributed by atoms with E-state index in [9.17, 15) is 22.8 Å². The van der Waals surface area contributed by atoms with E-state index in [4.69, 9.17) is 23.2 Å². The van der Waals surface area contributed by atoms with Crippen LogP contribution in [0.3, 0.4) is 0 Å². The molecule has 0 saturated carbocycles. The lowest BCUT2D eigenvalue weighted by molar-refractivity contribution is -0.140. The normalized spacial score (nSPS) is 16.0. The quantitative estimate of drug-likeness (QED) is 0.568. The predicted molar refractivity (Wildman–Crippen MR) is 129 cm³/mol. The summed E-state index contributed by atoms with van der Waals surface area (Å²) in [6.07, 6.45) is 0.692. The minimum absolute atomic E-state index is 0.00824. The summed E-state index contributed by atoms with van der Waals surface area (Å²) in [5.74, 6) is -1.89. The zero-order valence-corrected chi connectivity index (χ0v) is 21.2. The van der Waals surface area contributed by atoms with Gasteiger partial charge in [0.1, 0.15) is 17.5 Å². The number of halogens is 2. The summed E-state index contributed by atoms with van der Waals surface area (Å²) >= 11 is 12.1. The lowest BCUT2D eigenvalue weighted by Crippen LogP contribution is -2.52. The number of amides is 3. The number of carbonyl (C=O) groups excluding carboxylic acids is 3. The van der Waals surface area contributed by atoms with Crippen molar-refractivity contribution in [1.82, 2.24) is 14.5 Å². The molecular formula is C23H25Cl2N3O5S. The maximum absolute atomic E-state index is 13.4. The fraction of sp³-hybridized carbons (Fsp3) is 0.348. The van der Waals surface area contributed by atoms with E-state index in [0.717, 1.165) is 0 Å². The van der Waals surface area contributed by atoms with Crippen LogP contribution < -0.4 is 5.32 Å². The Morgan fingerprint density at radius 2 is 1.76 bits per heavy atom. The van der Waals surface area contributed by atoms with E-state index in [2.05, 4.69) is 5.32 Å². The van der Waals surface area contributed by atoms with Crippen molar-refractivity contribution in [2.45, 2.75) is 50.7 Å². The number of hydrogen-bond acceptors (Lipinski definition) is 5. The van der Waals surface area contributed by atoms with Crippen LogP contribution in [-0.4, -0.2) is 54.0 Å². The molecule has 0 saturated heterocycles. The van der Waals surface area contributed by atoms with Crippen molar-refractivity contribution in [3.05, 3.63) is 63.6 Å². The average molecular weight is 526 g/mol. The van der Waals surface area contributed by atoms with E-state index >= 15 is 0 Å². The molecule has 1 aliphatic heterocycles. The first-order valence-corrected chi connectivity index (χ1v) is 12.9. The van der Waals surface area contributed by atoms with Crippen molar-refractivity contribution in [1.29, 1.82) is 0 Å². The topological polar surface area (TPSA) is 104 Å². The molecule has 0 unspecified atom stereocenters. The second-order valence-electron chi connectivity index (χ2n) is 8.08. The number of nitrogens with zero attached hydrogens (tertiary/aromatic N) is 2. The van der Waals surface area contributed by atoms with E-state index in [1.165, 1.54) is 23.1 Å².